The van der Waals surface area contributed by atoms with Crippen molar-refractivity contribution >= 4 is 34.6 Å². The Labute approximate surface area is 191 Å². The summed E-state index contributed by atoms with van der Waals surface area (Å²) in [7, 11) is 4.82. The maximum atomic E-state index is 6.26. The van der Waals surface area contributed by atoms with Crippen LogP contribution in [0, 0.1) is 0 Å². The van der Waals surface area contributed by atoms with E-state index in [1.807, 2.05) is 59.6 Å². The van der Waals surface area contributed by atoms with Crippen LogP contribution < -0.4 is 19.2 Å². The number of ether oxygens (including phenoxy) is 3. The molecule has 3 aromatic rings. The van der Waals surface area contributed by atoms with Crippen LogP contribution in [-0.4, -0.2) is 27.0 Å². The number of methoxy groups -OCH3 is 3. The quantitative estimate of drug-likeness (QED) is 0.431. The molecule has 0 bridgehead atoms. The Kier molecular flexibility index (Phi) is 6.25. The Bertz CT molecular complexity index is 1090. The first kappa shape index (κ1) is 21.3. The molecule has 3 aromatic carbocycles. The molecule has 0 fully saturated rings. The number of hydrazone groups is 1. The number of hydrogen-bond acceptors (Lipinski definition) is 5. The van der Waals surface area contributed by atoms with Crippen LogP contribution >= 0.6 is 23.2 Å². The molecule has 1 aliphatic rings. The van der Waals surface area contributed by atoms with Gasteiger partial charge in [0.2, 0.25) is 5.75 Å². The zero-order valence-electron chi connectivity index (χ0n) is 17.4. The number of anilines is 1. The molecule has 1 unspecified atom stereocenters. The molecule has 0 saturated carbocycles. The van der Waals surface area contributed by atoms with Gasteiger partial charge < -0.3 is 14.2 Å². The van der Waals surface area contributed by atoms with E-state index in [1.165, 1.54) is 0 Å². The van der Waals surface area contributed by atoms with E-state index in [-0.39, 0.29) is 6.04 Å². The molecule has 4 rings (SSSR count). The van der Waals surface area contributed by atoms with Gasteiger partial charge in [0, 0.05) is 6.42 Å². The number of hydrogen-bond donors (Lipinski definition) is 0. The van der Waals surface area contributed by atoms with Gasteiger partial charge in [0.25, 0.3) is 0 Å². The van der Waals surface area contributed by atoms with E-state index in [4.69, 9.17) is 42.5 Å². The lowest BCUT2D eigenvalue weighted by molar-refractivity contribution is 0.323. The molecule has 0 spiro atoms. The highest BCUT2D eigenvalue weighted by Crippen LogP contribution is 2.44. The molecule has 160 valence electrons. The van der Waals surface area contributed by atoms with Crippen LogP contribution in [0.1, 0.15) is 23.6 Å². The van der Waals surface area contributed by atoms with E-state index in [9.17, 15) is 0 Å². The van der Waals surface area contributed by atoms with Crippen molar-refractivity contribution in [3.63, 3.8) is 0 Å². The van der Waals surface area contributed by atoms with Crippen LogP contribution in [0.2, 0.25) is 10.0 Å². The van der Waals surface area contributed by atoms with Crippen molar-refractivity contribution in [2.75, 3.05) is 26.3 Å². The van der Waals surface area contributed by atoms with Crippen LogP contribution in [-0.2, 0) is 0 Å². The third-order valence-electron chi connectivity index (χ3n) is 5.26. The van der Waals surface area contributed by atoms with Gasteiger partial charge in [0.05, 0.1) is 48.8 Å². The molecule has 0 amide bonds. The number of halogens is 2. The second-order valence-corrected chi connectivity index (χ2v) is 7.85. The second-order valence-electron chi connectivity index (χ2n) is 7.03. The second kappa shape index (κ2) is 9.08. The van der Waals surface area contributed by atoms with Crippen molar-refractivity contribution in [2.45, 2.75) is 12.5 Å². The SMILES string of the molecule is COc1cc(C2CC(c3ccc(Cl)c(Cl)c3)=NN2c2ccccc2)cc(OC)c1OC. The van der Waals surface area contributed by atoms with Gasteiger partial charge in [-0.1, -0.05) is 47.5 Å². The zero-order valence-corrected chi connectivity index (χ0v) is 18.9. The molecule has 1 heterocycles. The van der Waals surface area contributed by atoms with E-state index in [2.05, 4.69) is 0 Å². The van der Waals surface area contributed by atoms with Crippen LogP contribution in [0.5, 0.6) is 17.2 Å². The smallest absolute Gasteiger partial charge is 0.203 e. The first-order chi connectivity index (χ1) is 15.0. The van der Waals surface area contributed by atoms with Crippen molar-refractivity contribution in [3.05, 3.63) is 81.8 Å². The van der Waals surface area contributed by atoms with Crippen LogP contribution in [0.4, 0.5) is 5.69 Å². The van der Waals surface area contributed by atoms with E-state index in [1.54, 1.807) is 27.4 Å². The van der Waals surface area contributed by atoms with E-state index < -0.39 is 0 Å². The number of rotatable bonds is 6. The normalized spacial score (nSPS) is 15.6. The molecule has 1 aliphatic heterocycles. The van der Waals surface area contributed by atoms with Crippen molar-refractivity contribution in [1.29, 1.82) is 0 Å². The minimum Gasteiger partial charge on any atom is -0.493 e. The molecule has 7 heteroatoms. The summed E-state index contributed by atoms with van der Waals surface area (Å²) >= 11 is 12.4. The molecule has 0 saturated heterocycles. The lowest BCUT2D eigenvalue weighted by Crippen LogP contribution is -2.18. The molecule has 1 atom stereocenters. The average molecular weight is 457 g/mol. The lowest BCUT2D eigenvalue weighted by atomic mass is 9.97. The summed E-state index contributed by atoms with van der Waals surface area (Å²) in [5, 5.41) is 7.98. The van der Waals surface area contributed by atoms with Crippen LogP contribution in [0.3, 0.4) is 0 Å². The first-order valence-electron chi connectivity index (χ1n) is 9.72. The molecule has 0 radical (unpaired) electrons. The predicted octanol–water partition coefficient (Wildman–Crippen LogP) is 6.37. The number of para-hydroxylation sites is 1. The Morgan fingerprint density at radius 1 is 0.839 bits per heavy atom. The highest BCUT2D eigenvalue weighted by atomic mass is 35.5. The topological polar surface area (TPSA) is 43.3 Å². The Hall–Kier alpha value is -2.89. The van der Waals surface area contributed by atoms with E-state index in [0.717, 1.165) is 22.5 Å². The van der Waals surface area contributed by atoms with Gasteiger partial charge in [-0.25, -0.2) is 0 Å². The summed E-state index contributed by atoms with van der Waals surface area (Å²) in [4.78, 5) is 0. The van der Waals surface area contributed by atoms with E-state index >= 15 is 0 Å². The molecule has 31 heavy (non-hydrogen) atoms. The van der Waals surface area contributed by atoms with Crippen molar-refractivity contribution in [3.8, 4) is 17.2 Å². The summed E-state index contributed by atoms with van der Waals surface area (Å²) in [5.41, 5.74) is 3.83. The Morgan fingerprint density at radius 3 is 2.10 bits per heavy atom. The fraction of sp³-hybridized carbons (Fsp3) is 0.208. The molecule has 5 nitrogen and oxygen atoms in total. The summed E-state index contributed by atoms with van der Waals surface area (Å²) in [5.74, 6) is 1.77. The third kappa shape index (κ3) is 4.16. The van der Waals surface area contributed by atoms with E-state index in [0.29, 0.717) is 33.7 Å². The lowest BCUT2D eigenvalue weighted by Gasteiger charge is -2.25. The number of nitrogens with zero attached hydrogens (tertiary/aromatic N) is 2. The minimum atomic E-state index is -0.0689. The Balaban J connectivity index is 1.80. The van der Waals surface area contributed by atoms with Crippen molar-refractivity contribution < 1.29 is 14.2 Å². The van der Waals surface area contributed by atoms with Crippen LogP contribution in [0.25, 0.3) is 0 Å². The van der Waals surface area contributed by atoms with Gasteiger partial charge in [0.15, 0.2) is 11.5 Å². The summed E-state index contributed by atoms with van der Waals surface area (Å²) in [6.45, 7) is 0. The zero-order chi connectivity index (χ0) is 22.0. The fourth-order valence-electron chi connectivity index (χ4n) is 3.73. The predicted molar refractivity (Wildman–Crippen MR) is 125 cm³/mol. The fourth-order valence-corrected chi connectivity index (χ4v) is 4.03. The maximum Gasteiger partial charge on any atom is 0.203 e. The highest BCUT2D eigenvalue weighted by Gasteiger charge is 2.31. The first-order valence-corrected chi connectivity index (χ1v) is 10.5. The molecule has 0 N–H and O–H groups in total. The molecular formula is C24H22Cl2N2O3. The summed E-state index contributed by atoms with van der Waals surface area (Å²) in [6, 6.07) is 19.5. The molecule has 0 aromatic heterocycles. The minimum absolute atomic E-state index is 0.0689. The average Bonchev–Trinajstić information content (AvgIpc) is 3.26. The molecule has 0 aliphatic carbocycles. The van der Waals surface area contributed by atoms with Gasteiger partial charge in [0.1, 0.15) is 0 Å². The van der Waals surface area contributed by atoms with Gasteiger partial charge >= 0.3 is 0 Å². The monoisotopic (exact) mass is 456 g/mol. The number of benzene rings is 3. The maximum absolute atomic E-state index is 6.26. The third-order valence-corrected chi connectivity index (χ3v) is 5.99. The van der Waals surface area contributed by atoms with Gasteiger partial charge in [-0.05, 0) is 47.5 Å². The van der Waals surface area contributed by atoms with Gasteiger partial charge in [-0.3, -0.25) is 5.01 Å². The van der Waals surface area contributed by atoms with Crippen molar-refractivity contribution in [1.82, 2.24) is 0 Å². The Morgan fingerprint density at radius 2 is 1.52 bits per heavy atom. The summed E-state index contributed by atoms with van der Waals surface area (Å²) in [6.07, 6.45) is 0.672. The van der Waals surface area contributed by atoms with Gasteiger partial charge in [-0.2, -0.15) is 5.10 Å². The highest BCUT2D eigenvalue weighted by molar-refractivity contribution is 6.42. The van der Waals surface area contributed by atoms with Crippen molar-refractivity contribution in [2.24, 2.45) is 5.10 Å². The molecular weight excluding hydrogens is 435 g/mol. The standard InChI is InChI=1S/C24H22Cl2N2O3/c1-29-22-12-16(13-23(30-2)24(22)31-3)21-14-20(15-9-10-18(25)19(26)11-15)27-28(21)17-7-5-4-6-8-17/h4-13,21H,14H2,1-3H3. The largest absolute Gasteiger partial charge is 0.493 e. The van der Waals surface area contributed by atoms with Gasteiger partial charge in [-0.15, -0.1) is 0 Å². The van der Waals surface area contributed by atoms with Crippen LogP contribution in [0.15, 0.2) is 65.8 Å². The summed E-state index contributed by atoms with van der Waals surface area (Å²) < 4.78 is 16.6.